The SMILES string of the molecule is COc1cc(/C=N/NC(=O)c2ccc(COc3ccc(-n4c(C)ccc4C)cc3)o2)cc(Cl)c1OCc1cccc2ccccc12. The molecule has 0 atom stereocenters. The van der Waals surface area contributed by atoms with Gasteiger partial charge in [-0.25, -0.2) is 5.43 Å². The third-order valence-corrected chi connectivity index (χ3v) is 7.80. The average molecular weight is 634 g/mol. The number of halogens is 1. The summed E-state index contributed by atoms with van der Waals surface area (Å²) in [5, 5.41) is 6.66. The van der Waals surface area contributed by atoms with E-state index >= 15 is 0 Å². The van der Waals surface area contributed by atoms with Gasteiger partial charge in [-0.05, 0) is 96.4 Å². The number of carbonyl (C=O) groups is 1. The number of carbonyl (C=O) groups excluding carboxylic acids is 1. The first kappa shape index (κ1) is 30.6. The lowest BCUT2D eigenvalue weighted by Crippen LogP contribution is -2.16. The number of furan rings is 1. The Labute approximate surface area is 271 Å². The van der Waals surface area contributed by atoms with Crippen molar-refractivity contribution in [3.63, 3.8) is 0 Å². The number of aryl methyl sites for hydroxylation is 2. The maximum Gasteiger partial charge on any atom is 0.307 e. The first-order valence-corrected chi connectivity index (χ1v) is 15.0. The van der Waals surface area contributed by atoms with Crippen LogP contribution >= 0.6 is 11.6 Å². The first-order valence-electron chi connectivity index (χ1n) is 14.7. The summed E-state index contributed by atoms with van der Waals surface area (Å²) in [6, 6.07) is 32.9. The van der Waals surface area contributed by atoms with Crippen LogP contribution < -0.4 is 19.6 Å². The molecule has 6 aromatic rings. The van der Waals surface area contributed by atoms with Gasteiger partial charge < -0.3 is 23.2 Å². The van der Waals surface area contributed by atoms with Crippen LogP contribution in [0.25, 0.3) is 16.5 Å². The fourth-order valence-electron chi connectivity index (χ4n) is 5.24. The molecule has 2 aromatic heterocycles. The molecule has 0 unspecified atom stereocenters. The summed E-state index contributed by atoms with van der Waals surface area (Å²) in [7, 11) is 1.54. The molecule has 0 aliphatic rings. The van der Waals surface area contributed by atoms with Gasteiger partial charge >= 0.3 is 5.91 Å². The Hall–Kier alpha value is -5.47. The minimum atomic E-state index is -0.502. The monoisotopic (exact) mass is 633 g/mol. The quantitative estimate of drug-likeness (QED) is 0.114. The third kappa shape index (κ3) is 6.77. The molecule has 232 valence electrons. The zero-order valence-corrected chi connectivity index (χ0v) is 26.4. The molecule has 9 heteroatoms. The molecule has 4 aromatic carbocycles. The molecule has 0 radical (unpaired) electrons. The summed E-state index contributed by atoms with van der Waals surface area (Å²) < 4.78 is 25.3. The maximum absolute atomic E-state index is 12.7. The van der Waals surface area contributed by atoms with Crippen LogP contribution in [0.2, 0.25) is 5.02 Å². The molecule has 0 spiro atoms. The van der Waals surface area contributed by atoms with Gasteiger partial charge in [0.1, 0.15) is 24.7 Å². The molecule has 1 N–H and O–H groups in total. The second-order valence-electron chi connectivity index (χ2n) is 10.7. The smallest absolute Gasteiger partial charge is 0.307 e. The van der Waals surface area contributed by atoms with E-state index in [-0.39, 0.29) is 12.4 Å². The Morgan fingerprint density at radius 1 is 0.891 bits per heavy atom. The number of hydrogen-bond acceptors (Lipinski definition) is 6. The summed E-state index contributed by atoms with van der Waals surface area (Å²) in [6.45, 7) is 4.63. The van der Waals surface area contributed by atoms with Crippen LogP contribution in [-0.2, 0) is 13.2 Å². The molecule has 6 rings (SSSR count). The fraction of sp³-hybridized carbons (Fsp3) is 0.135. The number of amides is 1. The lowest BCUT2D eigenvalue weighted by Gasteiger charge is -2.14. The van der Waals surface area contributed by atoms with Crippen LogP contribution in [0, 0.1) is 13.8 Å². The van der Waals surface area contributed by atoms with Gasteiger partial charge in [0.25, 0.3) is 0 Å². The number of rotatable bonds is 11. The number of hydrogen-bond donors (Lipinski definition) is 1. The van der Waals surface area contributed by atoms with Crippen molar-refractivity contribution in [2.75, 3.05) is 7.11 Å². The Morgan fingerprint density at radius 3 is 2.43 bits per heavy atom. The lowest BCUT2D eigenvalue weighted by molar-refractivity contribution is 0.0923. The van der Waals surface area contributed by atoms with E-state index < -0.39 is 5.91 Å². The van der Waals surface area contributed by atoms with Crippen LogP contribution in [0.5, 0.6) is 17.2 Å². The molecule has 0 aliphatic heterocycles. The largest absolute Gasteiger partial charge is 0.493 e. The van der Waals surface area contributed by atoms with E-state index in [1.165, 1.54) is 13.3 Å². The average Bonchev–Trinajstić information content (AvgIpc) is 3.69. The van der Waals surface area contributed by atoms with E-state index in [0.29, 0.717) is 40.2 Å². The minimum Gasteiger partial charge on any atom is -0.493 e. The van der Waals surface area contributed by atoms with E-state index in [9.17, 15) is 4.79 Å². The van der Waals surface area contributed by atoms with Crippen molar-refractivity contribution in [1.82, 2.24) is 9.99 Å². The highest BCUT2D eigenvalue weighted by atomic mass is 35.5. The second-order valence-corrected chi connectivity index (χ2v) is 11.1. The number of aromatic nitrogens is 1. The van der Waals surface area contributed by atoms with Crippen molar-refractivity contribution in [3.05, 3.63) is 142 Å². The van der Waals surface area contributed by atoms with Gasteiger partial charge in [-0.3, -0.25) is 4.79 Å². The van der Waals surface area contributed by atoms with Crippen molar-refractivity contribution in [2.45, 2.75) is 27.1 Å². The Kier molecular flexibility index (Phi) is 9.08. The van der Waals surface area contributed by atoms with Gasteiger partial charge in [0.2, 0.25) is 0 Å². The summed E-state index contributed by atoms with van der Waals surface area (Å²) in [6.07, 6.45) is 1.47. The number of fused-ring (bicyclic) bond motifs is 1. The normalized spacial score (nSPS) is 11.2. The molecule has 0 saturated carbocycles. The van der Waals surface area contributed by atoms with Crippen LogP contribution in [0.1, 0.15) is 38.8 Å². The van der Waals surface area contributed by atoms with E-state index in [1.807, 2.05) is 48.5 Å². The van der Waals surface area contributed by atoms with E-state index in [0.717, 1.165) is 33.4 Å². The Morgan fingerprint density at radius 2 is 1.65 bits per heavy atom. The van der Waals surface area contributed by atoms with Crippen molar-refractivity contribution in [2.24, 2.45) is 5.10 Å². The molecule has 0 bridgehead atoms. The van der Waals surface area contributed by atoms with Crippen LogP contribution in [0.15, 0.2) is 113 Å². The summed E-state index contributed by atoms with van der Waals surface area (Å²) >= 11 is 6.57. The highest BCUT2D eigenvalue weighted by Crippen LogP contribution is 2.37. The van der Waals surface area contributed by atoms with Crippen LogP contribution in [-0.4, -0.2) is 23.8 Å². The van der Waals surface area contributed by atoms with E-state index in [4.69, 9.17) is 30.2 Å². The predicted molar refractivity (Wildman–Crippen MR) is 180 cm³/mol. The van der Waals surface area contributed by atoms with Crippen molar-refractivity contribution < 1.29 is 23.4 Å². The highest BCUT2D eigenvalue weighted by molar-refractivity contribution is 6.32. The summed E-state index contributed by atoms with van der Waals surface area (Å²) in [4.78, 5) is 12.7. The highest BCUT2D eigenvalue weighted by Gasteiger charge is 2.14. The molecular weight excluding hydrogens is 602 g/mol. The van der Waals surface area contributed by atoms with Gasteiger partial charge in [0.05, 0.1) is 18.3 Å². The fourth-order valence-corrected chi connectivity index (χ4v) is 5.52. The molecule has 1 amide bonds. The molecule has 2 heterocycles. The minimum absolute atomic E-state index is 0.109. The van der Waals surface area contributed by atoms with Crippen LogP contribution in [0.4, 0.5) is 0 Å². The second kappa shape index (κ2) is 13.7. The molecule has 0 saturated heterocycles. The van der Waals surface area contributed by atoms with Gasteiger partial charge in [0.15, 0.2) is 17.3 Å². The van der Waals surface area contributed by atoms with Crippen molar-refractivity contribution in [1.29, 1.82) is 0 Å². The molecule has 46 heavy (non-hydrogen) atoms. The number of hydrazone groups is 1. The zero-order chi connectivity index (χ0) is 32.0. The van der Waals surface area contributed by atoms with Gasteiger partial charge in [0, 0.05) is 17.1 Å². The summed E-state index contributed by atoms with van der Waals surface area (Å²) in [5.41, 5.74) is 7.51. The van der Waals surface area contributed by atoms with E-state index in [2.05, 4.69) is 59.3 Å². The first-order chi connectivity index (χ1) is 22.4. The van der Waals surface area contributed by atoms with Crippen LogP contribution in [0.3, 0.4) is 0 Å². The number of nitrogens with one attached hydrogen (secondary N) is 1. The van der Waals surface area contributed by atoms with Gasteiger partial charge in [-0.15, -0.1) is 0 Å². The standard InChI is InChI=1S/C37H32ClN3O5/c1-24-11-12-25(2)41(24)29-13-15-30(16-14-29)44-23-31-17-18-34(46-31)37(42)40-39-21-26-19-33(38)36(35(20-26)43-3)45-22-28-9-6-8-27-7-4-5-10-32(27)28/h4-21H,22-23H2,1-3H3,(H,40,42)/b39-21+. The topological polar surface area (TPSA) is 87.2 Å². The van der Waals surface area contributed by atoms with E-state index in [1.54, 1.807) is 24.3 Å². The maximum atomic E-state index is 12.7. The number of benzene rings is 4. The number of methoxy groups -OCH3 is 1. The van der Waals surface area contributed by atoms with Crippen molar-refractivity contribution in [3.8, 4) is 22.9 Å². The zero-order valence-electron chi connectivity index (χ0n) is 25.6. The number of nitrogens with zero attached hydrogens (tertiary/aromatic N) is 2. The molecule has 0 aliphatic carbocycles. The lowest BCUT2D eigenvalue weighted by atomic mass is 10.1. The summed E-state index contributed by atoms with van der Waals surface area (Å²) in [5.74, 6) is 1.67. The third-order valence-electron chi connectivity index (χ3n) is 7.52. The number of ether oxygens (including phenoxy) is 3. The Bertz CT molecular complexity index is 2000. The predicted octanol–water partition coefficient (Wildman–Crippen LogP) is 8.42. The van der Waals surface area contributed by atoms with Gasteiger partial charge in [-0.1, -0.05) is 54.1 Å². The molecule has 0 fully saturated rings. The van der Waals surface area contributed by atoms with Crippen molar-refractivity contribution >= 4 is 34.5 Å². The Balaban J connectivity index is 1.04. The molecular formula is C37H32ClN3O5. The molecule has 8 nitrogen and oxygen atoms in total. The van der Waals surface area contributed by atoms with Gasteiger partial charge in [-0.2, -0.15) is 5.10 Å².